The van der Waals surface area contributed by atoms with Crippen molar-refractivity contribution in [2.75, 3.05) is 63.8 Å². The van der Waals surface area contributed by atoms with E-state index in [1.165, 1.54) is 6.20 Å². The summed E-state index contributed by atoms with van der Waals surface area (Å²) in [6, 6.07) is 3.70. The number of azide groups is 1. The van der Waals surface area contributed by atoms with Crippen LogP contribution >= 0.6 is 11.8 Å². The number of hydrogen-bond acceptors (Lipinski definition) is 10. The van der Waals surface area contributed by atoms with Crippen LogP contribution in [0.4, 0.5) is 10.5 Å². The van der Waals surface area contributed by atoms with E-state index in [1.807, 2.05) is 11.8 Å². The molecule has 3 atom stereocenters. The lowest BCUT2D eigenvalue weighted by atomic mass is 10.0. The van der Waals surface area contributed by atoms with E-state index >= 15 is 0 Å². The second-order valence-electron chi connectivity index (χ2n) is 11.1. The van der Waals surface area contributed by atoms with E-state index in [2.05, 4.69) is 41.6 Å². The third-order valence-corrected chi connectivity index (χ3v) is 8.89. The summed E-state index contributed by atoms with van der Waals surface area (Å²) in [5.74, 6) is 0.511. The van der Waals surface area contributed by atoms with Crippen molar-refractivity contribution in [3.05, 3.63) is 34.5 Å². The van der Waals surface area contributed by atoms with Gasteiger partial charge in [0.2, 0.25) is 17.7 Å². The van der Waals surface area contributed by atoms with E-state index < -0.39 is 0 Å². The highest BCUT2D eigenvalue weighted by molar-refractivity contribution is 8.00. The van der Waals surface area contributed by atoms with Gasteiger partial charge >= 0.3 is 6.03 Å². The summed E-state index contributed by atoms with van der Waals surface area (Å²) >= 11 is 1.90. The monoisotopic (exact) mass is 677 g/mol. The summed E-state index contributed by atoms with van der Waals surface area (Å²) in [4.78, 5) is 54.3. The smallest absolute Gasteiger partial charge is 0.315 e. The van der Waals surface area contributed by atoms with Gasteiger partial charge in [0, 0.05) is 67.2 Å². The van der Waals surface area contributed by atoms with Crippen molar-refractivity contribution >= 4 is 41.2 Å². The Kier molecular flexibility index (Phi) is 18.4. The predicted molar refractivity (Wildman–Crippen MR) is 177 cm³/mol. The number of carbonyl (C=O) groups is 4. The molecule has 1 aromatic rings. The number of rotatable bonds is 25. The topological polar surface area (TPSA) is 218 Å². The molecule has 1 aromatic heterocycles. The minimum Gasteiger partial charge on any atom is -0.379 e. The number of ether oxygens (including phenoxy) is 3. The van der Waals surface area contributed by atoms with E-state index in [4.69, 9.17) is 19.7 Å². The maximum atomic E-state index is 12.0. The Labute approximate surface area is 279 Å². The molecular weight excluding hydrogens is 630 g/mol. The van der Waals surface area contributed by atoms with Crippen LogP contribution in [-0.2, 0) is 35.1 Å². The zero-order valence-corrected chi connectivity index (χ0v) is 27.6. The first-order valence-electron chi connectivity index (χ1n) is 16.2. The summed E-state index contributed by atoms with van der Waals surface area (Å²) < 4.78 is 16.5. The number of nitrogens with one attached hydrogen (secondary N) is 5. The Hall–Kier alpha value is -3.63. The molecule has 5 N–H and O–H groups in total. The van der Waals surface area contributed by atoms with Gasteiger partial charge in [-0.2, -0.15) is 11.8 Å². The van der Waals surface area contributed by atoms with Gasteiger partial charge in [-0.3, -0.25) is 19.4 Å². The van der Waals surface area contributed by atoms with Gasteiger partial charge in [-0.15, -0.1) is 0 Å². The van der Waals surface area contributed by atoms with E-state index in [0.717, 1.165) is 31.4 Å². The van der Waals surface area contributed by atoms with E-state index in [1.54, 1.807) is 12.1 Å². The first-order chi connectivity index (χ1) is 22.9. The number of unbranched alkanes of at least 4 members (excludes halogenated alkanes) is 1. The van der Waals surface area contributed by atoms with Crippen molar-refractivity contribution < 1.29 is 33.4 Å². The quantitative estimate of drug-likeness (QED) is 0.0337. The second-order valence-corrected chi connectivity index (χ2v) is 12.4. The molecule has 3 rings (SSSR count). The molecule has 0 aromatic carbocycles. The number of urea groups is 1. The number of aromatic nitrogens is 1. The maximum Gasteiger partial charge on any atom is 0.315 e. The molecule has 2 aliphatic heterocycles. The largest absolute Gasteiger partial charge is 0.379 e. The molecule has 2 fully saturated rings. The fourth-order valence-electron chi connectivity index (χ4n) is 4.94. The van der Waals surface area contributed by atoms with Crippen LogP contribution in [0.1, 0.15) is 57.1 Å². The highest BCUT2D eigenvalue weighted by Gasteiger charge is 2.42. The molecular formula is C30H47N9O7S. The van der Waals surface area contributed by atoms with Gasteiger partial charge < -0.3 is 40.8 Å². The van der Waals surface area contributed by atoms with Crippen LogP contribution in [0.5, 0.6) is 0 Å². The minimum absolute atomic E-state index is 0.0462. The molecule has 2 aliphatic rings. The molecule has 0 radical (unpaired) electrons. The number of nitrogens with zero attached hydrogens (tertiary/aromatic N) is 4. The van der Waals surface area contributed by atoms with E-state index in [0.29, 0.717) is 82.2 Å². The van der Waals surface area contributed by atoms with Crippen LogP contribution < -0.4 is 26.6 Å². The average Bonchev–Trinajstić information content (AvgIpc) is 3.62. The normalized spacial score (nSPS) is 18.0. The van der Waals surface area contributed by atoms with Crippen molar-refractivity contribution in [2.45, 2.75) is 75.2 Å². The van der Waals surface area contributed by atoms with Crippen LogP contribution in [0, 0.1) is 0 Å². The first-order valence-corrected chi connectivity index (χ1v) is 17.2. The second kappa shape index (κ2) is 22.8. The molecule has 2 saturated heterocycles. The molecule has 17 heteroatoms. The molecule has 47 heavy (non-hydrogen) atoms. The maximum absolute atomic E-state index is 12.0. The van der Waals surface area contributed by atoms with Gasteiger partial charge in [0.05, 0.1) is 56.9 Å². The lowest BCUT2D eigenvalue weighted by Crippen LogP contribution is -2.36. The van der Waals surface area contributed by atoms with Gasteiger partial charge in [-0.25, -0.2) is 4.79 Å². The molecule has 0 spiro atoms. The van der Waals surface area contributed by atoms with Crippen LogP contribution in [0.25, 0.3) is 10.4 Å². The number of pyridine rings is 1. The van der Waals surface area contributed by atoms with Gasteiger partial charge in [0.15, 0.2) is 0 Å². The molecule has 3 heterocycles. The van der Waals surface area contributed by atoms with Crippen molar-refractivity contribution in [1.82, 2.24) is 26.3 Å². The predicted octanol–water partition coefficient (Wildman–Crippen LogP) is 2.40. The molecule has 0 saturated carbocycles. The Morgan fingerprint density at radius 2 is 1.55 bits per heavy atom. The lowest BCUT2D eigenvalue weighted by molar-refractivity contribution is -0.124. The fourth-order valence-corrected chi connectivity index (χ4v) is 6.49. The van der Waals surface area contributed by atoms with Crippen molar-refractivity contribution in [2.24, 2.45) is 5.11 Å². The number of anilines is 1. The Morgan fingerprint density at radius 3 is 2.21 bits per heavy atom. The van der Waals surface area contributed by atoms with Crippen LogP contribution in [0.3, 0.4) is 0 Å². The number of fused-ring (bicyclic) bond motifs is 1. The van der Waals surface area contributed by atoms with Gasteiger partial charge in [-0.1, -0.05) is 11.5 Å². The Morgan fingerprint density at radius 1 is 0.894 bits per heavy atom. The molecule has 16 nitrogen and oxygen atoms in total. The molecule has 260 valence electrons. The third-order valence-electron chi connectivity index (χ3n) is 7.38. The molecule has 5 amide bonds. The van der Waals surface area contributed by atoms with Crippen LogP contribution in [0.2, 0.25) is 0 Å². The summed E-state index contributed by atoms with van der Waals surface area (Å²) in [6.45, 7) is 4.01. The Balaban J connectivity index is 1.01. The minimum atomic E-state index is -0.293. The van der Waals surface area contributed by atoms with Crippen LogP contribution in [0.15, 0.2) is 23.4 Å². The highest BCUT2D eigenvalue weighted by Crippen LogP contribution is 2.33. The molecule has 0 bridgehead atoms. The van der Waals surface area contributed by atoms with Crippen molar-refractivity contribution in [1.29, 1.82) is 0 Å². The van der Waals surface area contributed by atoms with Gasteiger partial charge in [-0.05, 0) is 43.3 Å². The van der Waals surface area contributed by atoms with Crippen molar-refractivity contribution in [3.63, 3.8) is 0 Å². The van der Waals surface area contributed by atoms with E-state index in [-0.39, 0.29) is 55.2 Å². The fraction of sp³-hybridized carbons (Fsp3) is 0.700. The third kappa shape index (κ3) is 16.2. The van der Waals surface area contributed by atoms with Gasteiger partial charge in [0.1, 0.15) is 0 Å². The zero-order valence-electron chi connectivity index (χ0n) is 26.7. The molecule has 0 aliphatic carbocycles. The van der Waals surface area contributed by atoms with Crippen LogP contribution in [-0.4, -0.2) is 105 Å². The van der Waals surface area contributed by atoms with Crippen molar-refractivity contribution in [3.8, 4) is 0 Å². The number of amides is 5. The SMILES string of the molecule is [N-]=[N+]=NCc1ccc(NC(=O)CCC(=O)NCCCOCCOCCOCCCNC(=O)CCCC[C@@H]2SC[C@@H]3NC(=O)N[C@@H]32)cn1. The molecule has 0 unspecified atom stereocenters. The first kappa shape index (κ1) is 37.8. The number of carbonyl (C=O) groups excluding carboxylic acids is 4. The summed E-state index contributed by atoms with van der Waals surface area (Å²) in [5.41, 5.74) is 9.42. The summed E-state index contributed by atoms with van der Waals surface area (Å²) in [6.07, 6.45) is 6.31. The number of hydrogen-bond donors (Lipinski definition) is 5. The summed E-state index contributed by atoms with van der Waals surface area (Å²) in [7, 11) is 0. The van der Waals surface area contributed by atoms with E-state index in [9.17, 15) is 19.2 Å². The van der Waals surface area contributed by atoms with Gasteiger partial charge in [0.25, 0.3) is 0 Å². The lowest BCUT2D eigenvalue weighted by Gasteiger charge is -2.16. The zero-order chi connectivity index (χ0) is 33.5. The average molecular weight is 678 g/mol. The number of thioether (sulfide) groups is 1. The highest BCUT2D eigenvalue weighted by atomic mass is 32.2. The summed E-state index contributed by atoms with van der Waals surface area (Å²) in [5, 5.41) is 18.2. The Bertz CT molecular complexity index is 1170. The standard InChI is InChI=1S/C30H47N9O7S/c31-39-35-20-22-7-8-23(19-34-22)36-28(42)10-9-27(41)33-12-4-14-45-16-18-46-17-15-44-13-3-11-32-26(40)6-2-1-5-25-29-24(21-47-25)37-30(43)38-29/h7-8,19,24-25,29H,1-6,9-18,20-21H2,(H,32,40)(H,33,41)(H,36,42)(H2,37,38,43)/t24-,25-,29-/m0/s1.